The van der Waals surface area contributed by atoms with Crippen molar-refractivity contribution in [1.29, 1.82) is 0 Å². The molecule has 2 rings (SSSR count). The number of rotatable bonds is 1. The topological polar surface area (TPSA) is 12.9 Å². The smallest absolute Gasteiger partial charge is 0.0896 e. The predicted octanol–water partition coefficient (Wildman–Crippen LogP) is 3.85. The van der Waals surface area contributed by atoms with E-state index in [0.29, 0.717) is 0 Å². The van der Waals surface area contributed by atoms with E-state index in [0.717, 1.165) is 5.69 Å². The first-order valence-corrected chi connectivity index (χ1v) is 5.51. The maximum atomic E-state index is 4.31. The van der Waals surface area contributed by atoms with Crippen molar-refractivity contribution in [3.8, 4) is 11.1 Å². The van der Waals surface area contributed by atoms with Crippen molar-refractivity contribution in [2.24, 2.45) is 0 Å². The van der Waals surface area contributed by atoms with Gasteiger partial charge in [-0.1, -0.05) is 51.1 Å². The minimum Gasteiger partial charge on any atom is -0.251 e. The van der Waals surface area contributed by atoms with Gasteiger partial charge in [0.15, 0.2) is 0 Å². The monoisotopic (exact) mass is 210 g/mol. The van der Waals surface area contributed by atoms with E-state index < -0.39 is 0 Å². The van der Waals surface area contributed by atoms with Crippen LogP contribution < -0.4 is 0 Å². The Bertz CT molecular complexity index is 466. The van der Waals surface area contributed by atoms with Gasteiger partial charge in [0.25, 0.3) is 0 Å². The van der Waals surface area contributed by atoms with Gasteiger partial charge in [-0.3, -0.25) is 4.98 Å². The Balaban J connectivity index is 2.45. The van der Waals surface area contributed by atoms with E-state index in [4.69, 9.17) is 0 Å². The van der Waals surface area contributed by atoms with Gasteiger partial charge < -0.3 is 0 Å². The van der Waals surface area contributed by atoms with Crippen LogP contribution >= 0.6 is 0 Å². The summed E-state index contributed by atoms with van der Waals surface area (Å²) < 4.78 is 0. The molecule has 1 aromatic heterocycles. The highest BCUT2D eigenvalue weighted by molar-refractivity contribution is 5.63. The van der Waals surface area contributed by atoms with E-state index in [-0.39, 0.29) is 5.41 Å². The van der Waals surface area contributed by atoms with E-state index in [1.807, 2.05) is 24.3 Å². The van der Waals surface area contributed by atoms with Crippen LogP contribution in [0.4, 0.5) is 0 Å². The maximum absolute atomic E-state index is 4.31. The van der Waals surface area contributed by atoms with Crippen LogP contribution in [0.2, 0.25) is 0 Å². The third-order valence-corrected chi connectivity index (χ3v) is 2.57. The summed E-state index contributed by atoms with van der Waals surface area (Å²) in [6.45, 7) is 6.49. The van der Waals surface area contributed by atoms with Crippen LogP contribution in [-0.4, -0.2) is 4.98 Å². The van der Waals surface area contributed by atoms with Gasteiger partial charge in [0.05, 0.1) is 6.20 Å². The molecule has 0 aliphatic rings. The molecule has 0 atom stereocenters. The second kappa shape index (κ2) is 4.09. The van der Waals surface area contributed by atoms with Gasteiger partial charge in [-0.25, -0.2) is 0 Å². The molecule has 0 bridgehead atoms. The van der Waals surface area contributed by atoms with Crippen LogP contribution in [0.3, 0.4) is 0 Å². The number of nitrogens with zero attached hydrogens (tertiary/aromatic N) is 1. The van der Waals surface area contributed by atoms with E-state index in [2.05, 4.69) is 50.2 Å². The lowest BCUT2D eigenvalue weighted by Gasteiger charge is -2.18. The lowest BCUT2D eigenvalue weighted by molar-refractivity contribution is 0.569. The molecule has 1 radical (unpaired) electrons. The summed E-state index contributed by atoms with van der Waals surface area (Å²) in [5, 5.41) is 0. The molecule has 1 heteroatoms. The fraction of sp³-hybridized carbons (Fsp3) is 0.267. The molecular weight excluding hydrogens is 194 g/mol. The normalized spacial score (nSPS) is 11.4. The fourth-order valence-corrected chi connectivity index (χ4v) is 1.57. The number of hydrogen-bond acceptors (Lipinski definition) is 1. The van der Waals surface area contributed by atoms with E-state index in [9.17, 15) is 0 Å². The van der Waals surface area contributed by atoms with Crippen LogP contribution in [0.15, 0.2) is 42.5 Å². The molecule has 0 aliphatic carbocycles. The van der Waals surface area contributed by atoms with Crippen molar-refractivity contribution in [2.45, 2.75) is 26.2 Å². The predicted molar refractivity (Wildman–Crippen MR) is 67.2 cm³/mol. The molecule has 2 aromatic rings. The summed E-state index contributed by atoms with van der Waals surface area (Å²) in [4.78, 5) is 4.31. The highest BCUT2D eigenvalue weighted by atomic mass is 14.7. The Labute approximate surface area is 97.2 Å². The molecule has 0 saturated carbocycles. The summed E-state index contributed by atoms with van der Waals surface area (Å²) in [5.74, 6) is 0. The van der Waals surface area contributed by atoms with Crippen molar-refractivity contribution < 1.29 is 0 Å². The minimum atomic E-state index is 0.0707. The zero-order valence-corrected chi connectivity index (χ0v) is 9.99. The summed E-state index contributed by atoms with van der Waals surface area (Å²) in [6, 6.07) is 14.4. The van der Waals surface area contributed by atoms with Crippen molar-refractivity contribution in [3.63, 3.8) is 0 Å². The van der Waals surface area contributed by atoms with E-state index in [1.165, 1.54) is 11.1 Å². The molecule has 16 heavy (non-hydrogen) atoms. The summed E-state index contributed by atoms with van der Waals surface area (Å²) >= 11 is 0. The maximum Gasteiger partial charge on any atom is 0.0896 e. The highest BCUT2D eigenvalue weighted by Crippen LogP contribution is 2.25. The van der Waals surface area contributed by atoms with Crippen molar-refractivity contribution in [1.82, 2.24) is 4.98 Å². The number of benzene rings is 1. The third-order valence-electron chi connectivity index (χ3n) is 2.57. The molecule has 1 aromatic carbocycles. The largest absolute Gasteiger partial charge is 0.251 e. The van der Waals surface area contributed by atoms with Crippen molar-refractivity contribution in [3.05, 3.63) is 54.4 Å². The second-order valence-electron chi connectivity index (χ2n) is 4.99. The number of aromatic nitrogens is 1. The molecule has 0 unspecified atom stereocenters. The molecule has 0 fully saturated rings. The fourth-order valence-electron chi connectivity index (χ4n) is 1.57. The Hall–Kier alpha value is -1.63. The first kappa shape index (κ1) is 10.9. The first-order chi connectivity index (χ1) is 7.57. The van der Waals surface area contributed by atoms with Crippen molar-refractivity contribution in [2.75, 3.05) is 0 Å². The Morgan fingerprint density at radius 3 is 2.31 bits per heavy atom. The SMILES string of the molecule is CC(C)(C)c1cc(-c2ccccc2)c[c]n1. The zero-order valence-electron chi connectivity index (χ0n) is 9.99. The molecule has 0 spiro atoms. The Kier molecular flexibility index (Phi) is 2.78. The average molecular weight is 210 g/mol. The van der Waals surface area contributed by atoms with Crippen LogP contribution in [0.1, 0.15) is 26.5 Å². The second-order valence-corrected chi connectivity index (χ2v) is 4.99. The van der Waals surface area contributed by atoms with Crippen molar-refractivity contribution >= 4 is 0 Å². The summed E-state index contributed by atoms with van der Waals surface area (Å²) in [6.07, 6.45) is 2.98. The lowest BCUT2D eigenvalue weighted by Crippen LogP contribution is -2.13. The Morgan fingerprint density at radius 1 is 1.00 bits per heavy atom. The minimum absolute atomic E-state index is 0.0707. The quantitative estimate of drug-likeness (QED) is 0.696. The molecule has 0 saturated heterocycles. The van der Waals surface area contributed by atoms with Gasteiger partial charge in [-0.05, 0) is 23.3 Å². The number of hydrogen-bond donors (Lipinski definition) is 0. The highest BCUT2D eigenvalue weighted by Gasteiger charge is 2.15. The van der Waals surface area contributed by atoms with Gasteiger partial charge in [-0.2, -0.15) is 0 Å². The van der Waals surface area contributed by atoms with Gasteiger partial charge in [0, 0.05) is 11.1 Å². The van der Waals surface area contributed by atoms with Crippen LogP contribution in [0.5, 0.6) is 0 Å². The molecule has 0 amide bonds. The summed E-state index contributed by atoms with van der Waals surface area (Å²) in [7, 11) is 0. The average Bonchev–Trinajstić information content (AvgIpc) is 2.29. The standard InChI is InChI=1S/C15H16N/c1-15(2,3)14-11-13(9-10-16-14)12-7-5-4-6-8-12/h4-9,11H,1-3H3. The molecular formula is C15H16N. The van der Waals surface area contributed by atoms with E-state index in [1.54, 1.807) is 0 Å². The molecule has 0 N–H and O–H groups in total. The summed E-state index contributed by atoms with van der Waals surface area (Å²) in [5.41, 5.74) is 3.54. The van der Waals surface area contributed by atoms with Gasteiger partial charge in [0.2, 0.25) is 0 Å². The first-order valence-electron chi connectivity index (χ1n) is 5.51. The van der Waals surface area contributed by atoms with Gasteiger partial charge >= 0.3 is 0 Å². The Morgan fingerprint density at radius 2 is 1.69 bits per heavy atom. The molecule has 0 aliphatic heterocycles. The molecule has 1 nitrogen and oxygen atoms in total. The molecule has 1 heterocycles. The number of pyridine rings is 1. The zero-order chi connectivity index (χ0) is 11.6. The lowest BCUT2D eigenvalue weighted by atomic mass is 9.90. The van der Waals surface area contributed by atoms with Crippen LogP contribution in [0.25, 0.3) is 11.1 Å². The van der Waals surface area contributed by atoms with Crippen LogP contribution in [-0.2, 0) is 5.41 Å². The van der Waals surface area contributed by atoms with E-state index >= 15 is 0 Å². The van der Waals surface area contributed by atoms with Gasteiger partial charge in [0.1, 0.15) is 0 Å². The third kappa shape index (κ3) is 2.30. The van der Waals surface area contributed by atoms with Crippen LogP contribution in [0, 0.1) is 6.20 Å². The molecule has 81 valence electrons. The van der Waals surface area contributed by atoms with Gasteiger partial charge in [-0.15, -0.1) is 0 Å².